The van der Waals surface area contributed by atoms with Gasteiger partial charge in [-0.2, -0.15) is 0 Å². The number of fused-ring (bicyclic) bond motifs is 6. The summed E-state index contributed by atoms with van der Waals surface area (Å²) in [7, 11) is 0. The van der Waals surface area contributed by atoms with Crippen LogP contribution in [0.4, 0.5) is 0 Å². The van der Waals surface area contributed by atoms with Crippen LogP contribution in [0.3, 0.4) is 0 Å². The molecule has 1 radical (unpaired) electrons. The van der Waals surface area contributed by atoms with Crippen LogP contribution in [0.2, 0.25) is 0 Å². The number of aromatic nitrogens is 2. The molecule has 0 spiro atoms. The zero-order chi connectivity index (χ0) is 50.8. The second-order valence-corrected chi connectivity index (χ2v) is 13.4. The van der Waals surface area contributed by atoms with Gasteiger partial charge in [-0.25, -0.2) is 0 Å². The van der Waals surface area contributed by atoms with Gasteiger partial charge in [0.15, 0.2) is 0 Å². The van der Waals surface area contributed by atoms with Gasteiger partial charge in [0.1, 0.15) is 5.58 Å². The van der Waals surface area contributed by atoms with Crippen molar-refractivity contribution in [1.29, 1.82) is 0 Å². The fourth-order valence-corrected chi connectivity index (χ4v) is 7.08. The van der Waals surface area contributed by atoms with E-state index in [4.69, 9.17) is 25.0 Å². The van der Waals surface area contributed by atoms with Gasteiger partial charge >= 0.3 is 0 Å². The molecule has 3 aromatic heterocycles. The molecule has 10 aromatic rings. The summed E-state index contributed by atoms with van der Waals surface area (Å²) in [5, 5.41) is 6.03. The Morgan fingerprint density at radius 2 is 1.33 bits per heavy atom. The Hall–Kier alpha value is -6.19. The largest absolute Gasteiger partial charge is 0.501 e. The van der Waals surface area contributed by atoms with Gasteiger partial charge in [0.25, 0.3) is 0 Å². The third kappa shape index (κ3) is 7.31. The van der Waals surface area contributed by atoms with Crippen molar-refractivity contribution in [2.24, 2.45) is 0 Å². The monoisotopic (exact) mass is 928 g/mol. The summed E-state index contributed by atoms with van der Waals surface area (Å²) >= 11 is 0. The number of nitrogens with zero attached hydrogens (tertiary/aromatic N) is 2. The van der Waals surface area contributed by atoms with Gasteiger partial charge in [-0.1, -0.05) is 132 Å². The van der Waals surface area contributed by atoms with Crippen molar-refractivity contribution < 1.29 is 45.1 Å². The van der Waals surface area contributed by atoms with Gasteiger partial charge in [-0.05, 0) is 106 Å². The Morgan fingerprint density at radius 3 is 2.16 bits per heavy atom. The van der Waals surface area contributed by atoms with Crippen molar-refractivity contribution >= 4 is 43.5 Å². The maximum absolute atomic E-state index is 8.17. The van der Waals surface area contributed by atoms with Crippen LogP contribution in [-0.4, -0.2) is 9.97 Å². The zero-order valence-corrected chi connectivity index (χ0v) is 32.5. The number of aryl methyl sites for hydroxylation is 5. The van der Waals surface area contributed by atoms with Crippen LogP contribution in [0, 0.1) is 46.4 Å². The van der Waals surface area contributed by atoms with Crippen molar-refractivity contribution in [3.8, 4) is 44.8 Å². The average Bonchev–Trinajstić information content (AvgIpc) is 3.69. The van der Waals surface area contributed by atoms with E-state index in [0.717, 1.165) is 43.9 Å². The number of rotatable bonds is 4. The van der Waals surface area contributed by atoms with E-state index in [9.17, 15) is 0 Å². The van der Waals surface area contributed by atoms with Crippen LogP contribution in [0.5, 0.6) is 0 Å². The molecule has 0 unspecified atom stereocenters. The van der Waals surface area contributed by atoms with Gasteiger partial charge in [0, 0.05) is 58.4 Å². The molecule has 0 N–H and O–H groups in total. The fourth-order valence-electron chi connectivity index (χ4n) is 7.08. The molecule has 0 amide bonds. The molecule has 0 aliphatic heterocycles. The van der Waals surface area contributed by atoms with Crippen LogP contribution in [0.1, 0.15) is 48.4 Å². The van der Waals surface area contributed by atoms with Crippen molar-refractivity contribution in [3.05, 3.63) is 192 Å². The number of pyridine rings is 2. The van der Waals surface area contributed by atoms with Crippen molar-refractivity contribution in [2.75, 3.05) is 0 Å². The summed E-state index contributed by atoms with van der Waals surface area (Å²) in [4.78, 5) is 8.69. The second kappa shape index (κ2) is 15.7. The second-order valence-electron chi connectivity index (χ2n) is 13.4. The molecule has 0 saturated carbocycles. The van der Waals surface area contributed by atoms with E-state index >= 15 is 0 Å². The van der Waals surface area contributed by atoms with Crippen LogP contribution in [0.15, 0.2) is 156 Å². The first kappa shape index (κ1) is 23.8. The van der Waals surface area contributed by atoms with Gasteiger partial charge in [0.05, 0.1) is 5.58 Å². The summed E-state index contributed by atoms with van der Waals surface area (Å²) in [6.45, 7) is -12.4. The maximum atomic E-state index is 8.17. The molecule has 7 aromatic carbocycles. The molecule has 3 heterocycles. The quantitative estimate of drug-likeness (QED) is 0.130. The third-order valence-electron chi connectivity index (χ3n) is 9.84. The molecule has 0 fully saturated rings. The molecule has 0 bridgehead atoms. The predicted molar refractivity (Wildman–Crippen MR) is 234 cm³/mol. The molecule has 0 atom stereocenters. The average molecular weight is 928 g/mol. The SMILES string of the molecule is [2H]C([2H])([2H])c1ccc(-c2[c-]cc(C([2H])([2H])[2H])c(-c3ccccc3)c2)nc1.[2H]C([2H])([2H])c1ccc(-c2cc(-c3[c-]ccc4c3oc3cc5c(ccc6ccccc65)cc34)ncc2C([2H])([2H])[2H])c(C([2H])([2H])[2H])c1.[Ir]. The fraction of sp³-hybridized carbons (Fsp3) is 0.0943. The Kier molecular flexibility index (Phi) is 6.57. The number of hydrogen-bond acceptors (Lipinski definition) is 3. The van der Waals surface area contributed by atoms with Gasteiger partial charge in [-0.3, -0.25) is 0 Å². The molecular weight excluding hydrogens is 873 g/mol. The van der Waals surface area contributed by atoms with E-state index in [2.05, 4.69) is 52.4 Å². The summed E-state index contributed by atoms with van der Waals surface area (Å²) in [6, 6.07) is 47.0. The topological polar surface area (TPSA) is 38.9 Å². The van der Waals surface area contributed by atoms with Crippen molar-refractivity contribution in [1.82, 2.24) is 9.97 Å². The predicted octanol–water partition coefficient (Wildman–Crippen LogP) is 14.2. The molecule has 0 aliphatic rings. The minimum atomic E-state index is -2.72. The van der Waals surface area contributed by atoms with Crippen LogP contribution < -0.4 is 0 Å². The first-order valence-corrected chi connectivity index (χ1v) is 17.8. The van der Waals surface area contributed by atoms with Crippen molar-refractivity contribution in [2.45, 2.75) is 34.3 Å². The van der Waals surface area contributed by atoms with E-state index in [0.29, 0.717) is 39.2 Å². The van der Waals surface area contributed by atoms with Gasteiger partial charge in [-0.15, -0.1) is 47.5 Å². The molecule has 10 rings (SSSR count). The Bertz CT molecular complexity index is 3630. The van der Waals surface area contributed by atoms with E-state index in [1.807, 2.05) is 54.6 Å². The molecule has 0 aliphatic carbocycles. The van der Waals surface area contributed by atoms with Gasteiger partial charge in [0.2, 0.25) is 0 Å². The van der Waals surface area contributed by atoms with Crippen molar-refractivity contribution in [3.63, 3.8) is 0 Å². The molecule has 279 valence electrons. The number of furan rings is 1. The summed E-state index contributed by atoms with van der Waals surface area (Å²) in [5.74, 6) is 0. The Balaban J connectivity index is 0.000000219. The third-order valence-corrected chi connectivity index (χ3v) is 9.84. The van der Waals surface area contributed by atoms with Crippen LogP contribution in [0.25, 0.3) is 88.3 Å². The molecule has 4 heteroatoms. The first-order chi connectivity index (χ1) is 33.4. The van der Waals surface area contributed by atoms with E-state index in [1.54, 1.807) is 18.2 Å². The summed E-state index contributed by atoms with van der Waals surface area (Å²) in [6.07, 6.45) is 2.53. The van der Waals surface area contributed by atoms with Crippen LogP contribution >= 0.6 is 0 Å². The normalized spacial score (nSPS) is 16.1. The van der Waals surface area contributed by atoms with Crippen LogP contribution in [-0.2, 0) is 20.1 Å². The Labute approximate surface area is 368 Å². The minimum absolute atomic E-state index is 0. The number of benzene rings is 7. The first-order valence-electron chi connectivity index (χ1n) is 25.3. The standard InChI is InChI=1S/C34H24NO.C19H16N.Ir/c1-20-11-14-25(21(2)15-20)29-17-32(35-19-22(29)3)28-10-6-9-27-31-16-24-13-12-23-7-4-5-8-26(23)30(24)18-33(31)36-34(27)28;1-14-8-11-19(20-13-14)17-10-9-15(2)18(12-17)16-6-4-3-5-7-16;/h4-9,11-19H,1-3H3;3-9,11-13H,1-2H3;/q2*-1;/i1D3,2D3,3D3;1D3,2D3;. The summed E-state index contributed by atoms with van der Waals surface area (Å²) < 4.78 is 124. The van der Waals surface area contributed by atoms with E-state index < -0.39 is 34.3 Å². The minimum Gasteiger partial charge on any atom is -0.501 e. The maximum Gasteiger partial charge on any atom is 0.121 e. The molecule has 0 saturated heterocycles. The van der Waals surface area contributed by atoms with E-state index in [-0.39, 0.29) is 59.0 Å². The Morgan fingerprint density at radius 1 is 0.526 bits per heavy atom. The molecule has 3 nitrogen and oxygen atoms in total. The summed E-state index contributed by atoms with van der Waals surface area (Å²) in [5.41, 5.74) is 4.49. The van der Waals surface area contributed by atoms with E-state index in [1.165, 1.54) is 42.7 Å². The van der Waals surface area contributed by atoms with Gasteiger partial charge < -0.3 is 14.4 Å². The number of hydrogen-bond donors (Lipinski definition) is 0. The smallest absolute Gasteiger partial charge is 0.121 e. The molecule has 57 heavy (non-hydrogen) atoms. The zero-order valence-electron chi connectivity index (χ0n) is 45.1. The molecular formula is C53H40IrN2O-2.